The summed E-state index contributed by atoms with van der Waals surface area (Å²) in [5, 5.41) is 0. The lowest BCUT2D eigenvalue weighted by atomic mass is 9.80. The Hall–Kier alpha value is -2.68. The lowest BCUT2D eigenvalue weighted by molar-refractivity contribution is -0.122. The monoisotopic (exact) mass is 315 g/mol. The van der Waals surface area contributed by atoms with Crippen molar-refractivity contribution in [2.75, 3.05) is 4.90 Å². The van der Waals surface area contributed by atoms with Crippen molar-refractivity contribution in [3.63, 3.8) is 0 Å². The molecule has 2 aromatic carbocycles. The number of rotatable bonds is 1. The third-order valence-corrected chi connectivity index (χ3v) is 5.60. The van der Waals surface area contributed by atoms with Gasteiger partial charge in [0.25, 0.3) is 5.91 Å². The Morgan fingerprint density at radius 2 is 1.62 bits per heavy atom. The fraction of sp³-hybridized carbons (Fsp3) is 0.238. The number of para-hydroxylation sites is 1. The zero-order valence-electron chi connectivity index (χ0n) is 13.2. The Morgan fingerprint density at radius 3 is 2.46 bits per heavy atom. The summed E-state index contributed by atoms with van der Waals surface area (Å²) in [4.78, 5) is 27.4. The number of imide groups is 1. The van der Waals surface area contributed by atoms with Gasteiger partial charge in [-0.1, -0.05) is 42.5 Å². The molecule has 2 amide bonds. The predicted molar refractivity (Wildman–Crippen MR) is 92.2 cm³/mol. The van der Waals surface area contributed by atoms with Gasteiger partial charge in [-0.05, 0) is 54.0 Å². The van der Waals surface area contributed by atoms with Crippen molar-refractivity contribution < 1.29 is 9.59 Å². The smallest absolute Gasteiger partial charge is 0.262 e. The van der Waals surface area contributed by atoms with Crippen LogP contribution in [0.1, 0.15) is 24.0 Å². The number of benzene rings is 2. The van der Waals surface area contributed by atoms with Gasteiger partial charge in [-0.25, -0.2) is 4.90 Å². The minimum absolute atomic E-state index is 0.0550. The molecule has 0 spiro atoms. The molecule has 118 valence electrons. The molecule has 5 rings (SSSR count). The average Bonchev–Trinajstić information content (AvgIpc) is 3.12. The fourth-order valence-corrected chi connectivity index (χ4v) is 4.57. The van der Waals surface area contributed by atoms with Crippen molar-refractivity contribution in [1.82, 2.24) is 0 Å². The first-order valence-corrected chi connectivity index (χ1v) is 8.51. The molecule has 0 N–H and O–H groups in total. The van der Waals surface area contributed by atoms with Crippen molar-refractivity contribution in [1.29, 1.82) is 0 Å². The lowest BCUT2D eigenvalue weighted by Crippen LogP contribution is -2.31. The maximum absolute atomic E-state index is 13.1. The van der Waals surface area contributed by atoms with Crippen LogP contribution in [0.3, 0.4) is 0 Å². The van der Waals surface area contributed by atoms with Crippen LogP contribution in [-0.2, 0) is 16.0 Å². The Morgan fingerprint density at radius 1 is 0.875 bits per heavy atom. The third-order valence-electron chi connectivity index (χ3n) is 5.60. The van der Waals surface area contributed by atoms with E-state index in [-0.39, 0.29) is 17.7 Å². The highest BCUT2D eigenvalue weighted by atomic mass is 16.2. The van der Waals surface area contributed by atoms with E-state index < -0.39 is 0 Å². The SMILES string of the molecule is O=C1C2=C3c4ccccc4CC[C@@H]3C[C@@H]2C(=O)N1c1ccccc1. The first-order valence-electron chi connectivity index (χ1n) is 8.51. The molecule has 0 aromatic heterocycles. The van der Waals surface area contributed by atoms with Gasteiger partial charge >= 0.3 is 0 Å². The van der Waals surface area contributed by atoms with E-state index in [4.69, 9.17) is 0 Å². The molecule has 1 heterocycles. The number of hydrogen-bond donors (Lipinski definition) is 0. The number of aryl methyl sites for hydroxylation is 1. The van der Waals surface area contributed by atoms with Crippen molar-refractivity contribution in [3.8, 4) is 0 Å². The molecule has 3 aliphatic rings. The van der Waals surface area contributed by atoms with E-state index in [0.29, 0.717) is 11.6 Å². The highest BCUT2D eigenvalue weighted by Gasteiger charge is 2.52. The van der Waals surface area contributed by atoms with Crippen LogP contribution in [0.15, 0.2) is 60.2 Å². The number of allylic oxidation sites excluding steroid dienone is 1. The van der Waals surface area contributed by atoms with E-state index in [1.807, 2.05) is 36.4 Å². The van der Waals surface area contributed by atoms with Gasteiger partial charge in [-0.3, -0.25) is 9.59 Å². The normalized spacial score (nSPS) is 24.9. The summed E-state index contributed by atoms with van der Waals surface area (Å²) >= 11 is 0. The number of amides is 2. The molecule has 3 nitrogen and oxygen atoms in total. The summed E-state index contributed by atoms with van der Waals surface area (Å²) in [5.74, 6) is -0.0828. The van der Waals surface area contributed by atoms with Crippen molar-refractivity contribution in [3.05, 3.63) is 71.3 Å². The molecular weight excluding hydrogens is 298 g/mol. The van der Waals surface area contributed by atoms with Gasteiger partial charge in [-0.15, -0.1) is 0 Å². The second-order valence-corrected chi connectivity index (χ2v) is 6.82. The zero-order chi connectivity index (χ0) is 16.3. The molecule has 0 saturated carbocycles. The van der Waals surface area contributed by atoms with Crippen molar-refractivity contribution >= 4 is 23.1 Å². The topological polar surface area (TPSA) is 37.4 Å². The number of nitrogens with zero attached hydrogens (tertiary/aromatic N) is 1. The number of fused-ring (bicyclic) bond motifs is 4. The van der Waals surface area contributed by atoms with Crippen LogP contribution in [0.25, 0.3) is 5.57 Å². The molecule has 2 atom stereocenters. The van der Waals surface area contributed by atoms with E-state index in [1.165, 1.54) is 16.0 Å². The molecule has 2 aromatic rings. The molecule has 1 aliphatic heterocycles. The van der Waals surface area contributed by atoms with Crippen LogP contribution >= 0.6 is 0 Å². The highest BCUT2D eigenvalue weighted by Crippen LogP contribution is 2.52. The van der Waals surface area contributed by atoms with Crippen LogP contribution in [0.5, 0.6) is 0 Å². The van der Waals surface area contributed by atoms with E-state index >= 15 is 0 Å². The van der Waals surface area contributed by atoms with Gasteiger partial charge < -0.3 is 0 Å². The van der Waals surface area contributed by atoms with Gasteiger partial charge in [0.1, 0.15) is 0 Å². The molecule has 0 unspecified atom stereocenters. The van der Waals surface area contributed by atoms with E-state index in [9.17, 15) is 9.59 Å². The van der Waals surface area contributed by atoms with Crippen LogP contribution in [0.4, 0.5) is 5.69 Å². The molecule has 24 heavy (non-hydrogen) atoms. The van der Waals surface area contributed by atoms with Gasteiger partial charge in [0, 0.05) is 5.57 Å². The first-order chi connectivity index (χ1) is 11.8. The van der Waals surface area contributed by atoms with E-state index in [1.54, 1.807) is 0 Å². The third kappa shape index (κ3) is 1.72. The van der Waals surface area contributed by atoms with Crippen LogP contribution in [0, 0.1) is 11.8 Å². The van der Waals surface area contributed by atoms with Crippen molar-refractivity contribution in [2.45, 2.75) is 19.3 Å². The van der Waals surface area contributed by atoms with Gasteiger partial charge in [0.2, 0.25) is 5.91 Å². The summed E-state index contributed by atoms with van der Waals surface area (Å²) in [6.07, 6.45) is 2.86. The summed E-state index contributed by atoms with van der Waals surface area (Å²) in [7, 11) is 0. The average molecular weight is 315 g/mol. The van der Waals surface area contributed by atoms with Gasteiger partial charge in [-0.2, -0.15) is 0 Å². The van der Waals surface area contributed by atoms with Gasteiger partial charge in [0.15, 0.2) is 0 Å². The predicted octanol–water partition coefficient (Wildman–Crippen LogP) is 3.60. The second kappa shape index (κ2) is 4.91. The number of carbonyl (C=O) groups is 2. The maximum atomic E-state index is 13.1. The van der Waals surface area contributed by atoms with E-state index in [0.717, 1.165) is 30.4 Å². The number of hydrogen-bond acceptors (Lipinski definition) is 2. The molecule has 0 bridgehead atoms. The second-order valence-electron chi connectivity index (χ2n) is 6.82. The van der Waals surface area contributed by atoms with Gasteiger partial charge in [0.05, 0.1) is 11.6 Å². The molecule has 1 fully saturated rings. The molecule has 1 saturated heterocycles. The summed E-state index contributed by atoms with van der Waals surface area (Å²) in [6.45, 7) is 0. The maximum Gasteiger partial charge on any atom is 0.262 e. The standard InChI is InChI=1S/C21H17NO2/c23-20-17-12-14-11-10-13-6-4-5-9-16(13)18(14)19(17)21(24)22(20)15-7-2-1-3-8-15/h1-9,14,17H,10-12H2/t14-,17+/m1/s1. The molecular formula is C21H17NO2. The Bertz CT molecular complexity index is 897. The van der Waals surface area contributed by atoms with Crippen molar-refractivity contribution in [2.24, 2.45) is 11.8 Å². The summed E-state index contributed by atoms with van der Waals surface area (Å²) in [6, 6.07) is 17.6. The molecule has 0 radical (unpaired) electrons. The zero-order valence-corrected chi connectivity index (χ0v) is 13.2. The summed E-state index contributed by atoms with van der Waals surface area (Å²) in [5.41, 5.74) is 5.05. The fourth-order valence-electron chi connectivity index (χ4n) is 4.57. The van der Waals surface area contributed by atoms with E-state index in [2.05, 4.69) is 18.2 Å². The quantitative estimate of drug-likeness (QED) is 0.754. The number of carbonyl (C=O) groups excluding carboxylic acids is 2. The summed E-state index contributed by atoms with van der Waals surface area (Å²) < 4.78 is 0. The minimum Gasteiger partial charge on any atom is -0.273 e. The van der Waals surface area contributed by atoms with Crippen LogP contribution < -0.4 is 4.90 Å². The van der Waals surface area contributed by atoms with Crippen LogP contribution in [0.2, 0.25) is 0 Å². The first kappa shape index (κ1) is 13.7. The lowest BCUT2D eigenvalue weighted by Gasteiger charge is -2.26. The Labute approximate surface area is 140 Å². The Kier molecular flexibility index (Phi) is 2.81. The molecule has 2 aliphatic carbocycles. The Balaban J connectivity index is 1.68. The minimum atomic E-state index is -0.260. The molecule has 3 heteroatoms. The largest absolute Gasteiger partial charge is 0.273 e. The highest BCUT2D eigenvalue weighted by molar-refractivity contribution is 6.32. The number of anilines is 1. The van der Waals surface area contributed by atoms with Crippen LogP contribution in [-0.4, -0.2) is 11.8 Å².